The highest BCUT2D eigenvalue weighted by Crippen LogP contribution is 2.31. The molecule has 2 aliphatic heterocycles. The summed E-state index contributed by atoms with van der Waals surface area (Å²) in [4.78, 5) is 45.4. The summed E-state index contributed by atoms with van der Waals surface area (Å²) in [5.41, 5.74) is 9.46. The van der Waals surface area contributed by atoms with Crippen LogP contribution < -0.4 is 21.1 Å². The van der Waals surface area contributed by atoms with Gasteiger partial charge in [0.2, 0.25) is 5.91 Å². The molecule has 0 radical (unpaired) electrons. The van der Waals surface area contributed by atoms with Crippen LogP contribution in [-0.4, -0.2) is 109 Å². The van der Waals surface area contributed by atoms with E-state index in [0.29, 0.717) is 79.8 Å². The molecule has 0 spiro atoms. The first-order valence-corrected chi connectivity index (χ1v) is 16.9. The third-order valence-electron chi connectivity index (χ3n) is 9.08. The van der Waals surface area contributed by atoms with E-state index in [0.717, 1.165) is 18.7 Å². The second kappa shape index (κ2) is 16.8. The summed E-state index contributed by atoms with van der Waals surface area (Å²) in [5.74, 6) is -0.233. The summed E-state index contributed by atoms with van der Waals surface area (Å²) in [5, 5.41) is 15.8. The Kier molecular flexibility index (Phi) is 12.2. The molecule has 49 heavy (non-hydrogen) atoms. The Hall–Kier alpha value is -4.49. The van der Waals surface area contributed by atoms with Crippen molar-refractivity contribution in [3.05, 3.63) is 83.4 Å². The lowest BCUT2D eigenvalue weighted by molar-refractivity contribution is -0.116. The summed E-state index contributed by atoms with van der Waals surface area (Å²) < 4.78 is 11.9. The molecular weight excluding hydrogens is 624 g/mol. The first-order chi connectivity index (χ1) is 23.6. The first kappa shape index (κ1) is 35.8. The molecule has 0 aromatic heterocycles. The maximum atomic E-state index is 13.8. The molecule has 0 saturated carbocycles. The van der Waals surface area contributed by atoms with Crippen LogP contribution in [0.5, 0.6) is 5.75 Å². The third kappa shape index (κ3) is 9.57. The van der Waals surface area contributed by atoms with Crippen molar-refractivity contribution in [2.75, 3.05) is 76.0 Å². The number of hydrogen-bond acceptors (Lipinski definition) is 9. The predicted molar refractivity (Wildman–Crippen MR) is 190 cm³/mol. The summed E-state index contributed by atoms with van der Waals surface area (Å²) in [6, 6.07) is 19.3. The van der Waals surface area contributed by atoms with Crippen LogP contribution in [0.3, 0.4) is 0 Å². The first-order valence-electron chi connectivity index (χ1n) is 16.9. The fraction of sp³-hybridized carbons (Fsp3) is 0.432. The van der Waals surface area contributed by atoms with Crippen molar-refractivity contribution in [2.24, 2.45) is 5.92 Å². The second-order valence-electron chi connectivity index (χ2n) is 13.0. The monoisotopic (exact) mass is 672 g/mol. The number of amides is 3. The van der Waals surface area contributed by atoms with Gasteiger partial charge in [-0.15, -0.1) is 0 Å². The van der Waals surface area contributed by atoms with Crippen LogP contribution in [0.15, 0.2) is 66.7 Å². The van der Waals surface area contributed by atoms with Gasteiger partial charge in [0.1, 0.15) is 11.9 Å². The molecule has 3 atom stereocenters. The number of fused-ring (bicyclic) bond motifs is 1. The largest absolute Gasteiger partial charge is 0.488 e. The van der Waals surface area contributed by atoms with E-state index in [-0.39, 0.29) is 36.4 Å². The molecule has 2 heterocycles. The molecule has 0 unspecified atom stereocenters. The van der Waals surface area contributed by atoms with Crippen molar-refractivity contribution in [2.45, 2.75) is 39.0 Å². The van der Waals surface area contributed by atoms with Crippen molar-refractivity contribution in [3.8, 4) is 5.75 Å². The Labute approximate surface area is 288 Å². The number of carbonyl (C=O) groups excluding carboxylic acids is 3. The number of para-hydroxylation sites is 2. The number of nitrogens with zero attached hydrogens (tertiary/aromatic N) is 3. The van der Waals surface area contributed by atoms with Crippen molar-refractivity contribution in [1.29, 1.82) is 0 Å². The van der Waals surface area contributed by atoms with Gasteiger partial charge in [-0.05, 0) is 62.0 Å². The number of benzene rings is 3. The van der Waals surface area contributed by atoms with Gasteiger partial charge in [0.05, 0.1) is 42.8 Å². The Morgan fingerprint density at radius 1 is 1.06 bits per heavy atom. The highest BCUT2D eigenvalue weighted by atomic mass is 16.5. The molecule has 3 amide bonds. The van der Waals surface area contributed by atoms with Gasteiger partial charge >= 0.3 is 0 Å². The molecule has 262 valence electrons. The van der Waals surface area contributed by atoms with Gasteiger partial charge in [-0.1, -0.05) is 31.2 Å². The molecule has 3 aromatic rings. The molecule has 1 fully saturated rings. The SMILES string of the molecule is C[C@H]1CN([C@@H](C)CO)C(=O)c2cc(NC(=O)CCN3CCOCC3)ccc2O[C@H]1CN(C)Cc1ccc(C(=O)Nc2ccccc2N)cc1. The minimum atomic E-state index is -0.403. The van der Waals surface area contributed by atoms with E-state index < -0.39 is 6.04 Å². The average Bonchev–Trinajstić information content (AvgIpc) is 3.10. The molecule has 2 aliphatic rings. The smallest absolute Gasteiger partial charge is 0.258 e. The number of likely N-dealkylation sites (N-methyl/N-ethyl adjacent to an activating group) is 1. The van der Waals surface area contributed by atoms with Gasteiger partial charge in [0, 0.05) is 62.9 Å². The average molecular weight is 673 g/mol. The molecule has 5 rings (SSSR count). The third-order valence-corrected chi connectivity index (χ3v) is 9.08. The Bertz CT molecular complexity index is 1590. The normalized spacial score (nSPS) is 19.0. The van der Waals surface area contributed by atoms with Crippen molar-refractivity contribution < 1.29 is 29.0 Å². The molecule has 1 saturated heterocycles. The Morgan fingerprint density at radius 2 is 1.80 bits per heavy atom. The van der Waals surface area contributed by atoms with E-state index in [1.807, 2.05) is 45.2 Å². The Balaban J connectivity index is 1.25. The molecule has 5 N–H and O–H groups in total. The molecular formula is C37H48N6O6. The van der Waals surface area contributed by atoms with Crippen molar-refractivity contribution in [1.82, 2.24) is 14.7 Å². The van der Waals surface area contributed by atoms with Crippen LogP contribution in [0.4, 0.5) is 17.1 Å². The van der Waals surface area contributed by atoms with Gasteiger partial charge in [-0.25, -0.2) is 0 Å². The van der Waals surface area contributed by atoms with E-state index >= 15 is 0 Å². The fourth-order valence-corrected chi connectivity index (χ4v) is 6.08. The number of aliphatic hydroxyl groups excluding tert-OH is 1. The lowest BCUT2D eigenvalue weighted by Gasteiger charge is -2.38. The number of rotatable bonds is 12. The molecule has 0 aliphatic carbocycles. The second-order valence-corrected chi connectivity index (χ2v) is 13.0. The van der Waals surface area contributed by atoms with Crippen LogP contribution in [-0.2, 0) is 16.1 Å². The van der Waals surface area contributed by atoms with E-state index in [9.17, 15) is 19.5 Å². The fourth-order valence-electron chi connectivity index (χ4n) is 6.08. The van der Waals surface area contributed by atoms with Crippen molar-refractivity contribution in [3.63, 3.8) is 0 Å². The van der Waals surface area contributed by atoms with Gasteiger partial charge in [-0.2, -0.15) is 0 Å². The van der Waals surface area contributed by atoms with Crippen LogP contribution in [0.25, 0.3) is 0 Å². The highest BCUT2D eigenvalue weighted by Gasteiger charge is 2.33. The van der Waals surface area contributed by atoms with Gasteiger partial charge in [-0.3, -0.25) is 24.2 Å². The minimum Gasteiger partial charge on any atom is -0.488 e. The highest BCUT2D eigenvalue weighted by molar-refractivity contribution is 6.05. The van der Waals surface area contributed by atoms with Crippen LogP contribution >= 0.6 is 0 Å². The number of hydrogen-bond donors (Lipinski definition) is 4. The number of nitrogens with two attached hydrogens (primary N) is 1. The standard InChI is InChI=1S/C37H48N6O6/c1-25-21-43(26(2)24-44)37(47)30-20-29(39-35(45)14-15-42-16-18-48-19-17-42)12-13-33(30)49-34(25)23-41(3)22-27-8-10-28(11-9-27)36(46)40-32-7-5-4-6-31(32)38/h4-13,20,25-26,34,44H,14-19,21-24,38H2,1-3H3,(H,39,45)(H,40,46)/t25-,26-,34-/m0/s1. The molecule has 12 nitrogen and oxygen atoms in total. The van der Waals surface area contributed by atoms with Crippen LogP contribution in [0, 0.1) is 5.92 Å². The number of ether oxygens (including phenoxy) is 2. The zero-order valence-electron chi connectivity index (χ0n) is 28.6. The van der Waals surface area contributed by atoms with Crippen LogP contribution in [0.1, 0.15) is 46.5 Å². The Morgan fingerprint density at radius 3 is 2.51 bits per heavy atom. The van der Waals surface area contributed by atoms with E-state index in [1.54, 1.807) is 47.4 Å². The lowest BCUT2D eigenvalue weighted by atomic mass is 9.99. The zero-order chi connectivity index (χ0) is 34.9. The van der Waals surface area contributed by atoms with E-state index in [2.05, 4.69) is 20.4 Å². The minimum absolute atomic E-state index is 0.0513. The number of nitrogens with one attached hydrogen (secondary N) is 2. The molecule has 0 bridgehead atoms. The summed E-state index contributed by atoms with van der Waals surface area (Å²) in [7, 11) is 2.00. The zero-order valence-corrected chi connectivity index (χ0v) is 28.6. The summed E-state index contributed by atoms with van der Waals surface area (Å²) in [6.07, 6.45) is 0.0560. The predicted octanol–water partition coefficient (Wildman–Crippen LogP) is 3.53. The number of aliphatic hydroxyl groups is 1. The summed E-state index contributed by atoms with van der Waals surface area (Å²) in [6.45, 7) is 8.86. The molecule has 3 aromatic carbocycles. The van der Waals surface area contributed by atoms with Gasteiger partial charge in [0.25, 0.3) is 11.8 Å². The molecule has 12 heteroatoms. The maximum Gasteiger partial charge on any atom is 0.258 e. The maximum absolute atomic E-state index is 13.8. The van der Waals surface area contributed by atoms with E-state index in [4.69, 9.17) is 15.2 Å². The number of anilines is 3. The topological polar surface area (TPSA) is 150 Å². The number of nitrogen functional groups attached to an aromatic ring is 1. The van der Waals surface area contributed by atoms with E-state index in [1.165, 1.54) is 0 Å². The summed E-state index contributed by atoms with van der Waals surface area (Å²) >= 11 is 0. The van der Waals surface area contributed by atoms with Gasteiger partial charge < -0.3 is 35.8 Å². The lowest BCUT2D eigenvalue weighted by Crippen LogP contribution is -2.49. The van der Waals surface area contributed by atoms with Gasteiger partial charge in [0.15, 0.2) is 0 Å². The van der Waals surface area contributed by atoms with Crippen LogP contribution in [0.2, 0.25) is 0 Å². The quantitative estimate of drug-likeness (QED) is 0.212. The number of carbonyl (C=O) groups is 3. The van der Waals surface area contributed by atoms with Crippen molar-refractivity contribution >= 4 is 34.8 Å². The number of morpholine rings is 1.